The molecule has 0 aromatic heterocycles. The summed E-state index contributed by atoms with van der Waals surface area (Å²) in [6, 6.07) is 9.95. The molecule has 1 heterocycles. The molecule has 0 radical (unpaired) electrons. The number of piperazine rings is 1. The predicted octanol–water partition coefficient (Wildman–Crippen LogP) is 2.60. The lowest BCUT2D eigenvalue weighted by atomic mass is 10.1. The van der Waals surface area contributed by atoms with E-state index in [1.54, 1.807) is 0 Å². The molecule has 0 aliphatic carbocycles. The number of nitrogens with one attached hydrogen (secondary N) is 1. The number of anilines is 1. The first-order valence-electron chi connectivity index (χ1n) is 5.74. The largest absolute Gasteiger partial charge is 0.364 e. The molecule has 1 aromatic carbocycles. The number of hydrogen-bond donors (Lipinski definition) is 1. The van der Waals surface area contributed by atoms with Gasteiger partial charge in [-0.25, -0.2) is 0 Å². The van der Waals surface area contributed by atoms with Crippen molar-refractivity contribution in [3.8, 4) is 0 Å². The van der Waals surface area contributed by atoms with E-state index in [2.05, 4.69) is 55.3 Å². The Labute approximate surface area is 104 Å². The van der Waals surface area contributed by atoms with Crippen molar-refractivity contribution in [2.45, 2.75) is 32.9 Å². The van der Waals surface area contributed by atoms with E-state index < -0.39 is 0 Å². The van der Waals surface area contributed by atoms with Gasteiger partial charge >= 0.3 is 0 Å². The summed E-state index contributed by atoms with van der Waals surface area (Å²) in [5, 5.41) is 3.46. The van der Waals surface area contributed by atoms with E-state index in [4.69, 9.17) is 0 Å². The van der Waals surface area contributed by atoms with Crippen molar-refractivity contribution in [2.75, 3.05) is 18.0 Å². The fourth-order valence-electron chi connectivity index (χ4n) is 2.43. The van der Waals surface area contributed by atoms with E-state index in [-0.39, 0.29) is 12.4 Å². The monoisotopic (exact) mass is 240 g/mol. The van der Waals surface area contributed by atoms with Crippen LogP contribution in [-0.4, -0.2) is 25.2 Å². The summed E-state index contributed by atoms with van der Waals surface area (Å²) in [4.78, 5) is 2.52. The molecule has 2 nitrogen and oxygen atoms in total. The quantitative estimate of drug-likeness (QED) is 0.812. The van der Waals surface area contributed by atoms with E-state index in [0.29, 0.717) is 12.1 Å². The van der Waals surface area contributed by atoms with Crippen LogP contribution < -0.4 is 10.2 Å². The first kappa shape index (κ1) is 13.3. The number of rotatable bonds is 1. The Kier molecular flexibility index (Phi) is 4.63. The fraction of sp³-hybridized carbons (Fsp3) is 0.538. The van der Waals surface area contributed by atoms with Crippen molar-refractivity contribution in [3.05, 3.63) is 29.8 Å². The molecule has 3 heteroatoms. The second kappa shape index (κ2) is 5.55. The maximum Gasteiger partial charge on any atom is 0.0389 e. The fourth-order valence-corrected chi connectivity index (χ4v) is 2.43. The third-order valence-electron chi connectivity index (χ3n) is 3.13. The van der Waals surface area contributed by atoms with Crippen molar-refractivity contribution in [3.63, 3.8) is 0 Å². The molecule has 1 fully saturated rings. The minimum atomic E-state index is 0. The van der Waals surface area contributed by atoms with Gasteiger partial charge in [-0.05, 0) is 38.5 Å². The smallest absolute Gasteiger partial charge is 0.0389 e. The lowest BCUT2D eigenvalue weighted by molar-refractivity contribution is 0.432. The second-order valence-corrected chi connectivity index (χ2v) is 4.60. The number of nitrogens with zero attached hydrogens (tertiary/aromatic N) is 1. The molecule has 1 saturated heterocycles. The molecule has 90 valence electrons. The molecule has 1 aliphatic heterocycles. The van der Waals surface area contributed by atoms with E-state index in [9.17, 15) is 0 Å². The van der Waals surface area contributed by atoms with Crippen LogP contribution in [0, 0.1) is 6.92 Å². The van der Waals surface area contributed by atoms with Gasteiger partial charge in [0, 0.05) is 30.9 Å². The average molecular weight is 241 g/mol. The number of halogens is 1. The molecule has 2 atom stereocenters. The standard InChI is InChI=1S/C13H20N2.ClH/c1-10-5-4-6-13(7-10)15-11(2)8-14-9-12(15)3;/h4-7,11-12,14H,8-9H2,1-3H3;1H. The van der Waals surface area contributed by atoms with Gasteiger partial charge in [0.25, 0.3) is 0 Å². The van der Waals surface area contributed by atoms with Gasteiger partial charge < -0.3 is 10.2 Å². The highest BCUT2D eigenvalue weighted by Gasteiger charge is 2.24. The van der Waals surface area contributed by atoms with Gasteiger partial charge in [-0.3, -0.25) is 0 Å². The maximum atomic E-state index is 3.46. The third kappa shape index (κ3) is 2.69. The van der Waals surface area contributed by atoms with Crippen LogP contribution in [0.4, 0.5) is 5.69 Å². The summed E-state index contributed by atoms with van der Waals surface area (Å²) in [7, 11) is 0. The Balaban J connectivity index is 0.00000128. The second-order valence-electron chi connectivity index (χ2n) is 4.60. The molecule has 2 rings (SSSR count). The van der Waals surface area contributed by atoms with Gasteiger partial charge in [0.15, 0.2) is 0 Å². The zero-order valence-corrected chi connectivity index (χ0v) is 11.1. The summed E-state index contributed by atoms with van der Waals surface area (Å²) in [5.74, 6) is 0. The lowest BCUT2D eigenvalue weighted by Crippen LogP contribution is -2.55. The maximum absolute atomic E-state index is 3.46. The Morgan fingerprint density at radius 3 is 2.38 bits per heavy atom. The third-order valence-corrected chi connectivity index (χ3v) is 3.13. The van der Waals surface area contributed by atoms with Crippen molar-refractivity contribution < 1.29 is 0 Å². The number of aryl methyl sites for hydroxylation is 1. The number of benzene rings is 1. The van der Waals surface area contributed by atoms with Crippen molar-refractivity contribution in [1.82, 2.24) is 5.32 Å². The van der Waals surface area contributed by atoms with E-state index in [1.165, 1.54) is 11.3 Å². The minimum Gasteiger partial charge on any atom is -0.364 e. The van der Waals surface area contributed by atoms with Gasteiger partial charge in [-0.15, -0.1) is 12.4 Å². The van der Waals surface area contributed by atoms with Crippen molar-refractivity contribution in [1.29, 1.82) is 0 Å². The predicted molar refractivity (Wildman–Crippen MR) is 72.7 cm³/mol. The van der Waals surface area contributed by atoms with Gasteiger partial charge in [-0.2, -0.15) is 0 Å². The molecule has 0 spiro atoms. The zero-order valence-electron chi connectivity index (χ0n) is 10.2. The van der Waals surface area contributed by atoms with Crippen LogP contribution in [0.1, 0.15) is 19.4 Å². The minimum absolute atomic E-state index is 0. The Morgan fingerprint density at radius 2 is 1.81 bits per heavy atom. The molecule has 1 aromatic rings. The highest BCUT2D eigenvalue weighted by atomic mass is 35.5. The normalized spacial score (nSPS) is 25.1. The van der Waals surface area contributed by atoms with Crippen molar-refractivity contribution >= 4 is 18.1 Å². The van der Waals surface area contributed by atoms with Crippen LogP contribution in [0.3, 0.4) is 0 Å². The number of hydrogen-bond acceptors (Lipinski definition) is 2. The van der Waals surface area contributed by atoms with Crippen LogP contribution in [0.25, 0.3) is 0 Å². The molecule has 16 heavy (non-hydrogen) atoms. The summed E-state index contributed by atoms with van der Waals surface area (Å²) in [5.41, 5.74) is 2.70. The summed E-state index contributed by atoms with van der Waals surface area (Å²) in [6.45, 7) is 8.88. The van der Waals surface area contributed by atoms with E-state index >= 15 is 0 Å². The molecular weight excluding hydrogens is 220 g/mol. The molecular formula is C13H21ClN2. The van der Waals surface area contributed by atoms with Crippen LogP contribution in [-0.2, 0) is 0 Å². The van der Waals surface area contributed by atoms with Gasteiger partial charge in [0.1, 0.15) is 0 Å². The van der Waals surface area contributed by atoms with Crippen LogP contribution in [0.5, 0.6) is 0 Å². The SMILES string of the molecule is Cc1cccc(N2C(C)CNCC2C)c1.Cl. The first-order chi connectivity index (χ1) is 7.18. The molecule has 0 bridgehead atoms. The summed E-state index contributed by atoms with van der Waals surface area (Å²) < 4.78 is 0. The summed E-state index contributed by atoms with van der Waals surface area (Å²) in [6.07, 6.45) is 0. The first-order valence-corrected chi connectivity index (χ1v) is 5.74. The zero-order chi connectivity index (χ0) is 10.8. The highest BCUT2D eigenvalue weighted by molar-refractivity contribution is 5.85. The molecule has 0 amide bonds. The van der Waals surface area contributed by atoms with Crippen LogP contribution in [0.15, 0.2) is 24.3 Å². The topological polar surface area (TPSA) is 15.3 Å². The van der Waals surface area contributed by atoms with Gasteiger partial charge in [-0.1, -0.05) is 12.1 Å². The Hall–Kier alpha value is -0.730. The Bertz CT molecular complexity index is 330. The van der Waals surface area contributed by atoms with Gasteiger partial charge in [0.2, 0.25) is 0 Å². The van der Waals surface area contributed by atoms with E-state index in [0.717, 1.165) is 13.1 Å². The lowest BCUT2D eigenvalue weighted by Gasteiger charge is -2.41. The van der Waals surface area contributed by atoms with E-state index in [1.807, 2.05) is 0 Å². The highest BCUT2D eigenvalue weighted by Crippen LogP contribution is 2.22. The van der Waals surface area contributed by atoms with Crippen LogP contribution >= 0.6 is 12.4 Å². The molecule has 0 saturated carbocycles. The average Bonchev–Trinajstić information content (AvgIpc) is 2.17. The van der Waals surface area contributed by atoms with Crippen LogP contribution in [0.2, 0.25) is 0 Å². The Morgan fingerprint density at radius 1 is 1.19 bits per heavy atom. The molecule has 1 N–H and O–H groups in total. The molecule has 2 unspecified atom stereocenters. The van der Waals surface area contributed by atoms with Gasteiger partial charge in [0.05, 0.1) is 0 Å². The summed E-state index contributed by atoms with van der Waals surface area (Å²) >= 11 is 0. The van der Waals surface area contributed by atoms with Crippen molar-refractivity contribution in [2.24, 2.45) is 0 Å². The molecule has 1 aliphatic rings.